The first-order valence-electron chi connectivity index (χ1n) is 18.0. The molecule has 2 atom stereocenters. The summed E-state index contributed by atoms with van der Waals surface area (Å²) in [7, 11) is 0. The molecule has 0 radical (unpaired) electrons. The van der Waals surface area contributed by atoms with Crippen LogP contribution in [0.15, 0.2) is 132 Å². The topological polar surface area (TPSA) is 0 Å². The van der Waals surface area contributed by atoms with E-state index in [2.05, 4.69) is 173 Å². The first kappa shape index (κ1) is 31.7. The molecule has 8 rings (SSSR count). The molecule has 6 aromatic carbocycles. The van der Waals surface area contributed by atoms with Crippen LogP contribution in [0.25, 0.3) is 56.0 Å². The van der Waals surface area contributed by atoms with Gasteiger partial charge in [-0.3, -0.25) is 0 Å². The molecule has 48 heavy (non-hydrogen) atoms. The Bertz CT molecular complexity index is 2340. The molecule has 6 aromatic rings. The van der Waals surface area contributed by atoms with Crippen LogP contribution in [-0.4, -0.2) is 6.88 Å². The third-order valence-electron chi connectivity index (χ3n) is 12.3. The molecule has 2 aliphatic rings. The average molecular weight is 720 g/mol. The van der Waals surface area contributed by atoms with Gasteiger partial charge in [-0.2, -0.15) is 0 Å². The van der Waals surface area contributed by atoms with Crippen molar-refractivity contribution in [1.82, 2.24) is 0 Å². The molecule has 0 aliphatic heterocycles. The number of fused-ring (bicyclic) bond motifs is 4. The number of rotatable bonds is 6. The summed E-state index contributed by atoms with van der Waals surface area (Å²) in [5, 5.41) is 5.26. The Morgan fingerprint density at radius 3 is 1.23 bits per heavy atom. The van der Waals surface area contributed by atoms with E-state index in [0.29, 0.717) is 7.25 Å². The fourth-order valence-corrected chi connectivity index (χ4v) is 37.6. The van der Waals surface area contributed by atoms with Crippen molar-refractivity contribution in [2.24, 2.45) is 0 Å². The number of hydrogen-bond acceptors (Lipinski definition) is 0. The van der Waals surface area contributed by atoms with Crippen molar-refractivity contribution < 1.29 is 14.4 Å². The molecule has 0 heterocycles. The van der Waals surface area contributed by atoms with Gasteiger partial charge in [0.1, 0.15) is 0 Å². The zero-order valence-electron chi connectivity index (χ0n) is 29.5. The van der Waals surface area contributed by atoms with Gasteiger partial charge < -0.3 is 0 Å². The van der Waals surface area contributed by atoms with Crippen molar-refractivity contribution >= 4 is 40.6 Å². The molecule has 240 valence electrons. The van der Waals surface area contributed by atoms with Crippen molar-refractivity contribution in [2.75, 3.05) is 0 Å². The molecule has 0 spiro atoms. The zero-order chi connectivity index (χ0) is 33.6. The number of benzene rings is 6. The van der Waals surface area contributed by atoms with Gasteiger partial charge in [-0.1, -0.05) is 0 Å². The van der Waals surface area contributed by atoms with E-state index in [1.807, 2.05) is 0 Å². The van der Waals surface area contributed by atoms with Crippen LogP contribution in [0.3, 0.4) is 0 Å². The van der Waals surface area contributed by atoms with Crippen LogP contribution in [0.1, 0.15) is 56.2 Å². The summed E-state index contributed by atoms with van der Waals surface area (Å²) in [6, 6.07) is 45.6. The molecule has 0 bridgehead atoms. The fourth-order valence-electron chi connectivity index (χ4n) is 10.7. The van der Waals surface area contributed by atoms with Crippen molar-refractivity contribution in [3.05, 3.63) is 155 Å². The number of hydrogen-bond donors (Lipinski definition) is 0. The van der Waals surface area contributed by atoms with Gasteiger partial charge in [-0.05, 0) is 0 Å². The number of allylic oxidation sites excluding steroid dienone is 2. The predicted octanol–water partition coefficient (Wildman–Crippen LogP) is 13.2. The van der Waals surface area contributed by atoms with E-state index in [0.717, 1.165) is 12.8 Å². The van der Waals surface area contributed by atoms with Crippen LogP contribution in [0.4, 0.5) is 0 Å². The first-order valence-corrected chi connectivity index (χ1v) is 36.6. The van der Waals surface area contributed by atoms with E-state index in [-0.39, 0.29) is 0 Å². The van der Waals surface area contributed by atoms with Crippen LogP contribution < -0.4 is 0 Å². The minimum absolute atomic E-state index is 0.391. The monoisotopic (exact) mass is 718 g/mol. The van der Waals surface area contributed by atoms with Crippen molar-refractivity contribution in [2.45, 2.75) is 52.5 Å². The van der Waals surface area contributed by atoms with Crippen LogP contribution in [0.2, 0.25) is 18.5 Å². The maximum atomic E-state index is 2.80. The van der Waals surface area contributed by atoms with Gasteiger partial charge in [0.2, 0.25) is 0 Å². The Labute approximate surface area is 282 Å². The molecule has 0 saturated carbocycles. The summed E-state index contributed by atoms with van der Waals surface area (Å²) in [6.45, 7) is 7.24. The second-order valence-corrected chi connectivity index (χ2v) is 79.3. The van der Waals surface area contributed by atoms with Crippen LogP contribution in [0, 0.1) is 0 Å². The summed E-state index contributed by atoms with van der Waals surface area (Å²) in [5.74, 6) is 0. The standard InChI is InChI=1S/2C21H17.4CH3.H2Si.Zr/c2*1-2-15-13-17-9-6-12-20(21(17)14-15)19-11-5-8-16-7-3-4-10-18(16)19;;;;;;/h2*3-14H,2H2,1H3;4*1H3;1H2;. The Hall–Kier alpha value is -3.58. The van der Waals surface area contributed by atoms with Gasteiger partial charge in [0.05, 0.1) is 0 Å². The van der Waals surface area contributed by atoms with Crippen molar-refractivity contribution in [3.63, 3.8) is 0 Å². The summed E-state index contributed by atoms with van der Waals surface area (Å²) in [5.41, 5.74) is 14.6. The van der Waals surface area contributed by atoms with Crippen LogP contribution >= 0.6 is 0 Å². The SMILES string of the molecule is CCC1=Cc2c(-c3cccc4ccccc34)cccc2[CH]1[Zr]([CH3])([CH3])([CH3])([CH3])(=[SiH2])[CH]1C(CC)=Cc2c(-c3cccc4ccccc34)cccc21. The van der Waals surface area contributed by atoms with Crippen molar-refractivity contribution in [3.8, 4) is 22.3 Å². The van der Waals surface area contributed by atoms with Crippen LogP contribution in [0.5, 0.6) is 0 Å². The Morgan fingerprint density at radius 1 is 0.458 bits per heavy atom. The van der Waals surface area contributed by atoms with Gasteiger partial charge in [0.15, 0.2) is 0 Å². The average Bonchev–Trinajstić information content (AvgIpc) is 3.68. The molecular weight excluding hydrogens is 672 g/mol. The zero-order valence-corrected chi connectivity index (χ0v) is 33.3. The molecule has 0 saturated heterocycles. The molecular formula is C46H48SiZr. The Kier molecular flexibility index (Phi) is 6.45. The summed E-state index contributed by atoms with van der Waals surface area (Å²) in [6.07, 6.45) is 7.34. The molecule has 0 aromatic heterocycles. The summed E-state index contributed by atoms with van der Waals surface area (Å²) >= 11 is -4.94. The van der Waals surface area contributed by atoms with Crippen LogP contribution in [-0.2, 0) is 14.4 Å². The van der Waals surface area contributed by atoms with Gasteiger partial charge in [0.25, 0.3) is 0 Å². The third-order valence-corrected chi connectivity index (χ3v) is 35.5. The normalized spacial score (nSPS) is 19.5. The molecule has 2 aliphatic carbocycles. The van der Waals surface area contributed by atoms with Gasteiger partial charge in [-0.25, -0.2) is 0 Å². The van der Waals surface area contributed by atoms with Gasteiger partial charge >= 0.3 is 284 Å². The molecule has 0 amide bonds. The van der Waals surface area contributed by atoms with E-state index in [4.69, 9.17) is 0 Å². The van der Waals surface area contributed by atoms with E-state index in [1.54, 1.807) is 22.3 Å². The molecule has 2 heteroatoms. The molecule has 2 unspecified atom stereocenters. The van der Waals surface area contributed by atoms with Gasteiger partial charge in [0, 0.05) is 0 Å². The minimum atomic E-state index is -4.94. The predicted molar refractivity (Wildman–Crippen MR) is 213 cm³/mol. The fraction of sp³-hybridized carbons (Fsp3) is 0.217. The first-order chi connectivity index (χ1) is 22.8. The molecule has 0 N–H and O–H groups in total. The third kappa shape index (κ3) is 4.55. The van der Waals surface area contributed by atoms with E-state index >= 15 is 0 Å². The molecule has 0 nitrogen and oxygen atoms in total. The Morgan fingerprint density at radius 2 is 0.812 bits per heavy atom. The van der Waals surface area contributed by atoms with E-state index < -0.39 is 14.4 Å². The van der Waals surface area contributed by atoms with Gasteiger partial charge in [-0.15, -0.1) is 0 Å². The molecule has 0 fully saturated rings. The van der Waals surface area contributed by atoms with E-state index in [1.165, 1.54) is 54.9 Å². The quantitative estimate of drug-likeness (QED) is 0.150. The van der Waals surface area contributed by atoms with Crippen molar-refractivity contribution in [1.29, 1.82) is 0 Å². The summed E-state index contributed by atoms with van der Waals surface area (Å²) < 4.78 is 12.0. The Balaban J connectivity index is 1.37. The second-order valence-electron chi connectivity index (χ2n) is 19.0. The second kappa shape index (κ2) is 9.77. The maximum absolute atomic E-state index is 4.94. The summed E-state index contributed by atoms with van der Waals surface area (Å²) in [4.78, 5) is 0. The van der Waals surface area contributed by atoms with E-state index in [9.17, 15) is 0 Å².